The van der Waals surface area contributed by atoms with Crippen LogP contribution < -0.4 is 10.5 Å². The van der Waals surface area contributed by atoms with Crippen LogP contribution in [-0.4, -0.2) is 12.1 Å². The molecule has 3 nitrogen and oxygen atoms in total. The van der Waals surface area contributed by atoms with Crippen molar-refractivity contribution >= 4 is 0 Å². The van der Waals surface area contributed by atoms with E-state index in [9.17, 15) is 0 Å². The molecule has 1 aromatic rings. The maximum absolute atomic E-state index is 6.08. The Morgan fingerprint density at radius 3 is 2.50 bits per heavy atom. The van der Waals surface area contributed by atoms with Gasteiger partial charge in [-0.15, -0.1) is 0 Å². The lowest BCUT2D eigenvalue weighted by molar-refractivity contribution is 0.317. The van der Waals surface area contributed by atoms with Crippen molar-refractivity contribution in [3.63, 3.8) is 0 Å². The Hall–Kier alpha value is -1.09. The van der Waals surface area contributed by atoms with Crippen LogP contribution in [0.1, 0.15) is 32.5 Å². The molecule has 0 spiro atoms. The SMILES string of the molecule is COc1cccc([C@@H](N)C(C)(C)C)n1. The lowest BCUT2D eigenvalue weighted by atomic mass is 9.85. The first-order valence-corrected chi connectivity index (χ1v) is 4.71. The van der Waals surface area contributed by atoms with E-state index in [4.69, 9.17) is 10.5 Å². The number of hydrogen-bond donors (Lipinski definition) is 1. The predicted molar refractivity (Wildman–Crippen MR) is 57.2 cm³/mol. The molecule has 0 unspecified atom stereocenters. The van der Waals surface area contributed by atoms with Gasteiger partial charge in [0.1, 0.15) is 0 Å². The Labute approximate surface area is 85.3 Å². The Kier molecular flexibility index (Phi) is 3.11. The van der Waals surface area contributed by atoms with Gasteiger partial charge >= 0.3 is 0 Å². The Morgan fingerprint density at radius 2 is 2.00 bits per heavy atom. The van der Waals surface area contributed by atoms with Crippen molar-refractivity contribution in [2.24, 2.45) is 11.1 Å². The molecule has 0 aliphatic heterocycles. The highest BCUT2D eigenvalue weighted by atomic mass is 16.5. The maximum atomic E-state index is 6.08. The van der Waals surface area contributed by atoms with Gasteiger partial charge in [-0.05, 0) is 11.5 Å². The largest absolute Gasteiger partial charge is 0.481 e. The van der Waals surface area contributed by atoms with Crippen LogP contribution in [0.3, 0.4) is 0 Å². The van der Waals surface area contributed by atoms with E-state index < -0.39 is 0 Å². The molecule has 0 saturated heterocycles. The first-order chi connectivity index (χ1) is 6.45. The van der Waals surface area contributed by atoms with Crippen molar-refractivity contribution in [2.45, 2.75) is 26.8 Å². The fourth-order valence-electron chi connectivity index (χ4n) is 1.16. The van der Waals surface area contributed by atoms with Crippen LogP contribution in [0, 0.1) is 5.41 Å². The maximum Gasteiger partial charge on any atom is 0.213 e. The molecule has 1 atom stereocenters. The van der Waals surface area contributed by atoms with E-state index in [1.807, 2.05) is 18.2 Å². The fraction of sp³-hybridized carbons (Fsp3) is 0.545. The minimum Gasteiger partial charge on any atom is -0.481 e. The monoisotopic (exact) mass is 194 g/mol. The van der Waals surface area contributed by atoms with E-state index in [-0.39, 0.29) is 11.5 Å². The molecule has 0 fully saturated rings. The molecule has 1 aromatic heterocycles. The minimum atomic E-state index is -0.0717. The van der Waals surface area contributed by atoms with Gasteiger partial charge in [0.05, 0.1) is 18.8 Å². The lowest BCUT2D eigenvalue weighted by Gasteiger charge is -2.26. The van der Waals surface area contributed by atoms with Crippen LogP contribution in [0.4, 0.5) is 0 Å². The van der Waals surface area contributed by atoms with Gasteiger partial charge in [-0.25, -0.2) is 4.98 Å². The third-order valence-corrected chi connectivity index (χ3v) is 2.21. The first kappa shape index (κ1) is 11.0. The topological polar surface area (TPSA) is 48.1 Å². The summed E-state index contributed by atoms with van der Waals surface area (Å²) in [5.41, 5.74) is 6.96. The molecule has 78 valence electrons. The Balaban J connectivity index is 2.95. The second-order valence-electron chi connectivity index (χ2n) is 4.45. The van der Waals surface area contributed by atoms with E-state index in [1.165, 1.54) is 0 Å². The van der Waals surface area contributed by atoms with Crippen LogP contribution in [0.5, 0.6) is 5.88 Å². The molecule has 0 aliphatic rings. The number of aromatic nitrogens is 1. The molecule has 0 aromatic carbocycles. The number of rotatable bonds is 2. The van der Waals surface area contributed by atoms with Gasteiger partial charge in [0.2, 0.25) is 5.88 Å². The van der Waals surface area contributed by atoms with E-state index in [0.717, 1.165) is 5.69 Å². The summed E-state index contributed by atoms with van der Waals surface area (Å²) in [7, 11) is 1.61. The highest BCUT2D eigenvalue weighted by Crippen LogP contribution is 2.29. The quantitative estimate of drug-likeness (QED) is 0.784. The van der Waals surface area contributed by atoms with E-state index in [1.54, 1.807) is 7.11 Å². The zero-order valence-corrected chi connectivity index (χ0v) is 9.24. The summed E-state index contributed by atoms with van der Waals surface area (Å²) in [6.07, 6.45) is 0. The van der Waals surface area contributed by atoms with E-state index in [0.29, 0.717) is 5.88 Å². The average molecular weight is 194 g/mol. The number of methoxy groups -OCH3 is 1. The van der Waals surface area contributed by atoms with E-state index in [2.05, 4.69) is 25.8 Å². The van der Waals surface area contributed by atoms with Crippen LogP contribution in [0.15, 0.2) is 18.2 Å². The fourth-order valence-corrected chi connectivity index (χ4v) is 1.16. The number of hydrogen-bond acceptors (Lipinski definition) is 3. The molecular weight excluding hydrogens is 176 g/mol. The van der Waals surface area contributed by atoms with Gasteiger partial charge in [-0.1, -0.05) is 26.8 Å². The second-order valence-corrected chi connectivity index (χ2v) is 4.45. The van der Waals surface area contributed by atoms with Crippen LogP contribution in [0.25, 0.3) is 0 Å². The van der Waals surface area contributed by atoms with Crippen molar-refractivity contribution in [1.82, 2.24) is 4.98 Å². The normalized spacial score (nSPS) is 13.8. The number of ether oxygens (including phenoxy) is 1. The molecule has 3 heteroatoms. The number of nitrogens with two attached hydrogens (primary N) is 1. The molecule has 1 rings (SSSR count). The van der Waals surface area contributed by atoms with Gasteiger partial charge in [0.25, 0.3) is 0 Å². The molecule has 0 saturated carbocycles. The summed E-state index contributed by atoms with van der Waals surface area (Å²) in [6, 6.07) is 5.59. The van der Waals surface area contributed by atoms with Crippen molar-refractivity contribution in [3.05, 3.63) is 23.9 Å². The smallest absolute Gasteiger partial charge is 0.213 e. The molecule has 0 amide bonds. The highest BCUT2D eigenvalue weighted by molar-refractivity contribution is 5.19. The Morgan fingerprint density at radius 1 is 1.36 bits per heavy atom. The van der Waals surface area contributed by atoms with Crippen LogP contribution >= 0.6 is 0 Å². The molecular formula is C11H18N2O. The standard InChI is InChI=1S/C11H18N2O/c1-11(2,3)10(12)8-6-5-7-9(13-8)14-4/h5-7,10H,12H2,1-4H3/t10-/m1/s1. The minimum absolute atomic E-state index is 0.0133. The number of pyridine rings is 1. The van der Waals surface area contributed by atoms with Gasteiger partial charge in [0, 0.05) is 6.07 Å². The van der Waals surface area contributed by atoms with Gasteiger partial charge in [-0.2, -0.15) is 0 Å². The molecule has 0 bridgehead atoms. The van der Waals surface area contributed by atoms with Gasteiger partial charge in [-0.3, -0.25) is 0 Å². The summed E-state index contributed by atoms with van der Waals surface area (Å²) in [6.45, 7) is 6.29. The molecule has 2 N–H and O–H groups in total. The number of nitrogens with zero attached hydrogens (tertiary/aromatic N) is 1. The van der Waals surface area contributed by atoms with Gasteiger partial charge < -0.3 is 10.5 Å². The third-order valence-electron chi connectivity index (χ3n) is 2.21. The first-order valence-electron chi connectivity index (χ1n) is 4.71. The third kappa shape index (κ3) is 2.45. The predicted octanol–water partition coefficient (Wildman–Crippen LogP) is 2.14. The Bertz CT molecular complexity index is 304. The summed E-state index contributed by atoms with van der Waals surface area (Å²) in [5.74, 6) is 0.613. The van der Waals surface area contributed by atoms with Crippen molar-refractivity contribution in [3.8, 4) is 5.88 Å². The van der Waals surface area contributed by atoms with Crippen LogP contribution in [0.2, 0.25) is 0 Å². The summed E-state index contributed by atoms with van der Waals surface area (Å²) < 4.78 is 5.05. The highest BCUT2D eigenvalue weighted by Gasteiger charge is 2.23. The molecule has 14 heavy (non-hydrogen) atoms. The van der Waals surface area contributed by atoms with Crippen LogP contribution in [-0.2, 0) is 0 Å². The molecule has 0 radical (unpaired) electrons. The summed E-state index contributed by atoms with van der Waals surface area (Å²) in [4.78, 5) is 4.31. The summed E-state index contributed by atoms with van der Waals surface area (Å²) >= 11 is 0. The summed E-state index contributed by atoms with van der Waals surface area (Å²) in [5, 5.41) is 0. The average Bonchev–Trinajstić information content (AvgIpc) is 2.15. The van der Waals surface area contributed by atoms with Gasteiger partial charge in [0.15, 0.2) is 0 Å². The lowest BCUT2D eigenvalue weighted by Crippen LogP contribution is -2.27. The molecule has 0 aliphatic carbocycles. The van der Waals surface area contributed by atoms with Crippen molar-refractivity contribution in [1.29, 1.82) is 0 Å². The zero-order valence-electron chi connectivity index (χ0n) is 9.24. The molecule has 1 heterocycles. The van der Waals surface area contributed by atoms with Crippen molar-refractivity contribution < 1.29 is 4.74 Å². The van der Waals surface area contributed by atoms with Crippen molar-refractivity contribution in [2.75, 3.05) is 7.11 Å². The van der Waals surface area contributed by atoms with E-state index >= 15 is 0 Å². The second kappa shape index (κ2) is 3.96. The zero-order chi connectivity index (χ0) is 10.8.